The zero-order valence-electron chi connectivity index (χ0n) is 16.8. The van der Waals surface area contributed by atoms with E-state index in [4.69, 9.17) is 5.73 Å². The van der Waals surface area contributed by atoms with E-state index in [-0.39, 0.29) is 5.95 Å². The van der Waals surface area contributed by atoms with Crippen molar-refractivity contribution in [2.45, 2.75) is 19.9 Å². The number of piperazine rings is 1. The van der Waals surface area contributed by atoms with Gasteiger partial charge in [0.25, 0.3) is 0 Å². The van der Waals surface area contributed by atoms with Gasteiger partial charge in [-0.05, 0) is 36.2 Å². The Labute approximate surface area is 171 Å². The molecule has 7 nitrogen and oxygen atoms in total. The maximum absolute atomic E-state index is 5.94. The van der Waals surface area contributed by atoms with E-state index in [0.717, 1.165) is 50.7 Å². The van der Waals surface area contributed by atoms with Gasteiger partial charge in [0.1, 0.15) is 6.54 Å². The Hall–Kier alpha value is -3.19. The molecule has 2 aromatic carbocycles. The molecule has 1 fully saturated rings. The minimum absolute atomic E-state index is 0.255. The maximum atomic E-state index is 5.94. The van der Waals surface area contributed by atoms with Crippen LogP contribution in [0.1, 0.15) is 18.3 Å². The first-order valence-corrected chi connectivity index (χ1v) is 10.2. The first kappa shape index (κ1) is 19.1. The molecular weight excluding hydrogens is 362 g/mol. The quantitative estimate of drug-likeness (QED) is 0.594. The summed E-state index contributed by atoms with van der Waals surface area (Å²) < 4.78 is 0. The summed E-state index contributed by atoms with van der Waals surface area (Å²) in [4.78, 5) is 17.1. The Balaban J connectivity index is 1.38. The molecule has 3 aromatic rings. The molecular formula is C22H28N7+. The van der Waals surface area contributed by atoms with E-state index in [1.165, 1.54) is 16.2 Å². The number of nitrogen functional groups attached to an aromatic ring is 1. The van der Waals surface area contributed by atoms with E-state index in [2.05, 4.69) is 74.6 Å². The van der Waals surface area contributed by atoms with Gasteiger partial charge >= 0.3 is 0 Å². The van der Waals surface area contributed by atoms with E-state index < -0.39 is 0 Å². The van der Waals surface area contributed by atoms with E-state index in [9.17, 15) is 0 Å². The largest absolute Gasteiger partial charge is 0.368 e. The lowest BCUT2D eigenvalue weighted by molar-refractivity contribution is -0.915. The zero-order chi connectivity index (χ0) is 20.1. The van der Waals surface area contributed by atoms with Gasteiger partial charge in [-0.15, -0.1) is 0 Å². The number of nitrogens with one attached hydrogen (secondary N) is 2. The number of benzene rings is 2. The lowest BCUT2D eigenvalue weighted by Crippen LogP contribution is -3.13. The third kappa shape index (κ3) is 5.00. The van der Waals surface area contributed by atoms with Crippen LogP contribution < -0.4 is 20.9 Å². The van der Waals surface area contributed by atoms with Crippen LogP contribution >= 0.6 is 0 Å². The normalized spacial score (nSPS) is 14.7. The average Bonchev–Trinajstić information content (AvgIpc) is 2.75. The molecule has 4 N–H and O–H groups in total. The second-order valence-corrected chi connectivity index (χ2v) is 7.36. The number of para-hydroxylation sites is 1. The second-order valence-electron chi connectivity index (χ2n) is 7.36. The second kappa shape index (κ2) is 8.87. The minimum atomic E-state index is 0.255. The summed E-state index contributed by atoms with van der Waals surface area (Å²) in [6, 6.07) is 18.8. The van der Waals surface area contributed by atoms with Gasteiger partial charge in [0.05, 0.1) is 26.2 Å². The van der Waals surface area contributed by atoms with Crippen LogP contribution in [-0.4, -0.2) is 41.1 Å². The fourth-order valence-electron chi connectivity index (χ4n) is 3.65. The molecule has 0 aliphatic carbocycles. The molecule has 0 radical (unpaired) electrons. The smallest absolute Gasteiger partial charge is 0.232 e. The fourth-order valence-corrected chi connectivity index (χ4v) is 3.65. The first-order valence-electron chi connectivity index (χ1n) is 10.2. The van der Waals surface area contributed by atoms with E-state index in [1.807, 2.05) is 12.1 Å². The SMILES string of the molecule is CCc1ccc(Nc2nc(N)nc(C[NH+]3CCN(c4ccccc4)CC3)n2)cc1. The van der Waals surface area contributed by atoms with Crippen LogP contribution in [0.3, 0.4) is 0 Å². The summed E-state index contributed by atoms with van der Waals surface area (Å²) in [5.74, 6) is 1.48. The number of quaternary nitrogens is 1. The molecule has 1 aromatic heterocycles. The highest BCUT2D eigenvalue weighted by Gasteiger charge is 2.21. The number of nitrogens with zero attached hydrogens (tertiary/aromatic N) is 4. The number of aromatic nitrogens is 3. The number of hydrogen-bond acceptors (Lipinski definition) is 6. The van der Waals surface area contributed by atoms with Gasteiger partial charge in [0.2, 0.25) is 11.9 Å². The van der Waals surface area contributed by atoms with Crippen molar-refractivity contribution in [2.75, 3.05) is 42.1 Å². The summed E-state index contributed by atoms with van der Waals surface area (Å²) in [6.07, 6.45) is 1.02. The maximum Gasteiger partial charge on any atom is 0.232 e. The molecule has 1 saturated heterocycles. The lowest BCUT2D eigenvalue weighted by atomic mass is 10.1. The number of hydrogen-bond donors (Lipinski definition) is 3. The van der Waals surface area contributed by atoms with Gasteiger partial charge in [0.15, 0.2) is 5.82 Å². The third-order valence-electron chi connectivity index (χ3n) is 5.32. The monoisotopic (exact) mass is 390 g/mol. The van der Waals surface area contributed by atoms with Crippen molar-refractivity contribution in [1.82, 2.24) is 15.0 Å². The predicted octanol–water partition coefficient (Wildman–Crippen LogP) is 1.66. The predicted molar refractivity (Wildman–Crippen MR) is 116 cm³/mol. The van der Waals surface area contributed by atoms with Crippen molar-refractivity contribution < 1.29 is 4.90 Å². The Kier molecular flexibility index (Phi) is 5.86. The van der Waals surface area contributed by atoms with Crippen LogP contribution in [0.2, 0.25) is 0 Å². The van der Waals surface area contributed by atoms with Crippen LogP contribution in [0.25, 0.3) is 0 Å². The number of aryl methyl sites for hydroxylation is 1. The highest BCUT2D eigenvalue weighted by molar-refractivity contribution is 5.54. The van der Waals surface area contributed by atoms with Gasteiger partial charge in [-0.25, -0.2) is 0 Å². The standard InChI is InChI=1S/C22H27N7/c1-2-17-8-10-18(11-9-17)24-22-26-20(25-21(23)27-22)16-28-12-14-29(15-13-28)19-6-4-3-5-7-19/h3-11H,2,12-16H2,1H3,(H3,23,24,25,26,27)/p+1. The lowest BCUT2D eigenvalue weighted by Gasteiger charge is -2.33. The Morgan fingerprint density at radius 3 is 2.38 bits per heavy atom. The third-order valence-corrected chi connectivity index (χ3v) is 5.32. The summed E-state index contributed by atoms with van der Waals surface area (Å²) in [6.45, 7) is 7.02. The van der Waals surface area contributed by atoms with Crippen LogP contribution in [0, 0.1) is 0 Å². The van der Waals surface area contributed by atoms with Crippen LogP contribution in [0.4, 0.5) is 23.3 Å². The van der Waals surface area contributed by atoms with Crippen molar-refractivity contribution in [1.29, 1.82) is 0 Å². The van der Waals surface area contributed by atoms with E-state index in [0.29, 0.717) is 5.95 Å². The molecule has 0 amide bonds. The average molecular weight is 391 g/mol. The van der Waals surface area contributed by atoms with Crippen molar-refractivity contribution in [3.63, 3.8) is 0 Å². The number of rotatable bonds is 6. The minimum Gasteiger partial charge on any atom is -0.368 e. The van der Waals surface area contributed by atoms with Crippen LogP contribution in [0.5, 0.6) is 0 Å². The molecule has 0 bridgehead atoms. The highest BCUT2D eigenvalue weighted by Crippen LogP contribution is 2.15. The molecule has 0 saturated carbocycles. The zero-order valence-corrected chi connectivity index (χ0v) is 16.8. The number of anilines is 4. The molecule has 2 heterocycles. The molecule has 0 unspecified atom stereocenters. The Morgan fingerprint density at radius 1 is 0.966 bits per heavy atom. The van der Waals surface area contributed by atoms with Gasteiger partial charge in [-0.3, -0.25) is 0 Å². The molecule has 1 aliphatic rings. The Bertz CT molecular complexity index is 920. The van der Waals surface area contributed by atoms with Gasteiger partial charge in [-0.1, -0.05) is 37.3 Å². The topological polar surface area (TPSA) is 84.4 Å². The summed E-state index contributed by atoms with van der Waals surface area (Å²) in [7, 11) is 0. The number of nitrogens with two attached hydrogens (primary N) is 1. The molecule has 29 heavy (non-hydrogen) atoms. The molecule has 0 atom stereocenters. The Morgan fingerprint density at radius 2 is 1.69 bits per heavy atom. The van der Waals surface area contributed by atoms with Gasteiger partial charge in [-0.2, -0.15) is 15.0 Å². The van der Waals surface area contributed by atoms with Crippen molar-refractivity contribution in [3.8, 4) is 0 Å². The molecule has 1 aliphatic heterocycles. The van der Waals surface area contributed by atoms with Crippen molar-refractivity contribution in [2.24, 2.45) is 0 Å². The first-order chi connectivity index (χ1) is 14.2. The summed E-state index contributed by atoms with van der Waals surface area (Å²) >= 11 is 0. The fraction of sp³-hybridized carbons (Fsp3) is 0.318. The summed E-state index contributed by atoms with van der Waals surface area (Å²) in [5.41, 5.74) is 9.47. The molecule has 150 valence electrons. The van der Waals surface area contributed by atoms with Crippen molar-refractivity contribution in [3.05, 3.63) is 66.0 Å². The van der Waals surface area contributed by atoms with E-state index >= 15 is 0 Å². The van der Waals surface area contributed by atoms with Gasteiger partial charge < -0.3 is 20.9 Å². The molecule has 7 heteroatoms. The van der Waals surface area contributed by atoms with Gasteiger partial charge in [0, 0.05) is 11.4 Å². The molecule has 0 spiro atoms. The van der Waals surface area contributed by atoms with Crippen LogP contribution in [0.15, 0.2) is 54.6 Å². The van der Waals surface area contributed by atoms with Crippen molar-refractivity contribution >= 4 is 23.3 Å². The summed E-state index contributed by atoms with van der Waals surface area (Å²) in [5, 5.41) is 3.24. The highest BCUT2D eigenvalue weighted by atomic mass is 15.3. The van der Waals surface area contributed by atoms with E-state index in [1.54, 1.807) is 0 Å². The van der Waals surface area contributed by atoms with Crippen LogP contribution in [-0.2, 0) is 13.0 Å². The molecule has 4 rings (SSSR count).